The number of benzene rings is 2. The molecule has 0 fully saturated rings. The van der Waals surface area contributed by atoms with Gasteiger partial charge in [0.25, 0.3) is 0 Å². The van der Waals surface area contributed by atoms with Crippen molar-refractivity contribution in [1.82, 2.24) is 5.32 Å². The molecule has 20 heavy (non-hydrogen) atoms. The Kier molecular flexibility index (Phi) is 4.09. The standard InChI is InChI=1S/C18H20ClN/c1-13(15-9-4-5-11-17(15)19)20-18-12-6-8-14-7-2-3-10-16(14)18/h2-5,7,9-11,13,18,20H,6,8,12H2,1H3/t13-,18?/m0/s1. The Labute approximate surface area is 126 Å². The second kappa shape index (κ2) is 5.99. The van der Waals surface area contributed by atoms with E-state index in [2.05, 4.69) is 42.6 Å². The topological polar surface area (TPSA) is 12.0 Å². The molecule has 3 rings (SSSR count). The second-order valence-corrected chi connectivity index (χ2v) is 5.96. The first-order valence-corrected chi connectivity index (χ1v) is 7.72. The first-order valence-electron chi connectivity index (χ1n) is 7.34. The van der Waals surface area contributed by atoms with Gasteiger partial charge in [0.1, 0.15) is 0 Å². The van der Waals surface area contributed by atoms with Crippen LogP contribution >= 0.6 is 11.6 Å². The van der Waals surface area contributed by atoms with E-state index in [1.165, 1.54) is 36.0 Å². The molecule has 0 saturated heterocycles. The average Bonchev–Trinajstić information content (AvgIpc) is 2.48. The first-order chi connectivity index (χ1) is 9.75. The van der Waals surface area contributed by atoms with Crippen molar-refractivity contribution in [3.05, 3.63) is 70.2 Å². The van der Waals surface area contributed by atoms with Crippen molar-refractivity contribution in [2.24, 2.45) is 0 Å². The van der Waals surface area contributed by atoms with Crippen LogP contribution in [0.5, 0.6) is 0 Å². The van der Waals surface area contributed by atoms with Crippen LogP contribution in [0.4, 0.5) is 0 Å². The molecule has 0 radical (unpaired) electrons. The molecule has 2 heteroatoms. The summed E-state index contributed by atoms with van der Waals surface area (Å²) in [5.74, 6) is 0. The van der Waals surface area contributed by atoms with Crippen LogP contribution in [0, 0.1) is 0 Å². The van der Waals surface area contributed by atoms with Gasteiger partial charge in [0.2, 0.25) is 0 Å². The van der Waals surface area contributed by atoms with Gasteiger partial charge in [-0.05, 0) is 48.9 Å². The van der Waals surface area contributed by atoms with Crippen molar-refractivity contribution in [2.75, 3.05) is 0 Å². The van der Waals surface area contributed by atoms with Crippen molar-refractivity contribution in [1.29, 1.82) is 0 Å². The Bertz CT molecular complexity index is 593. The van der Waals surface area contributed by atoms with Gasteiger partial charge in [0, 0.05) is 17.1 Å². The number of aryl methyl sites for hydroxylation is 1. The van der Waals surface area contributed by atoms with Crippen LogP contribution < -0.4 is 5.32 Å². The lowest BCUT2D eigenvalue weighted by atomic mass is 9.87. The third-order valence-electron chi connectivity index (χ3n) is 4.19. The molecule has 0 spiro atoms. The van der Waals surface area contributed by atoms with E-state index >= 15 is 0 Å². The summed E-state index contributed by atoms with van der Waals surface area (Å²) in [6.07, 6.45) is 3.66. The number of rotatable bonds is 3. The quantitative estimate of drug-likeness (QED) is 0.830. The van der Waals surface area contributed by atoms with Gasteiger partial charge in [-0.1, -0.05) is 54.1 Å². The predicted octanol–water partition coefficient (Wildman–Crippen LogP) is 5.07. The predicted molar refractivity (Wildman–Crippen MR) is 85.1 cm³/mol. The van der Waals surface area contributed by atoms with Crippen LogP contribution in [0.25, 0.3) is 0 Å². The highest BCUT2D eigenvalue weighted by Crippen LogP contribution is 2.32. The van der Waals surface area contributed by atoms with E-state index in [1.54, 1.807) is 0 Å². The van der Waals surface area contributed by atoms with E-state index < -0.39 is 0 Å². The molecule has 1 unspecified atom stereocenters. The molecular formula is C18H20ClN. The number of hydrogen-bond acceptors (Lipinski definition) is 1. The molecule has 104 valence electrons. The van der Waals surface area contributed by atoms with E-state index in [4.69, 9.17) is 11.6 Å². The van der Waals surface area contributed by atoms with Crippen molar-refractivity contribution >= 4 is 11.6 Å². The van der Waals surface area contributed by atoms with Crippen LogP contribution in [0.2, 0.25) is 5.02 Å². The molecular weight excluding hydrogens is 266 g/mol. The minimum atomic E-state index is 0.264. The molecule has 1 N–H and O–H groups in total. The Morgan fingerprint density at radius 2 is 1.85 bits per heavy atom. The fourth-order valence-corrected chi connectivity index (χ4v) is 3.44. The molecule has 2 atom stereocenters. The summed E-state index contributed by atoms with van der Waals surface area (Å²) in [7, 11) is 0. The molecule has 0 aliphatic heterocycles. The van der Waals surface area contributed by atoms with E-state index in [0.29, 0.717) is 6.04 Å². The highest BCUT2D eigenvalue weighted by atomic mass is 35.5. The van der Waals surface area contributed by atoms with Crippen LogP contribution in [0.1, 0.15) is 48.5 Å². The van der Waals surface area contributed by atoms with Crippen molar-refractivity contribution in [3.8, 4) is 0 Å². The van der Waals surface area contributed by atoms with Gasteiger partial charge in [0.05, 0.1) is 0 Å². The van der Waals surface area contributed by atoms with Crippen LogP contribution in [0.3, 0.4) is 0 Å². The second-order valence-electron chi connectivity index (χ2n) is 5.55. The Morgan fingerprint density at radius 1 is 1.10 bits per heavy atom. The Hall–Kier alpha value is -1.31. The molecule has 1 aliphatic rings. The summed E-state index contributed by atoms with van der Waals surface area (Å²) in [5, 5.41) is 4.59. The Balaban J connectivity index is 1.81. The van der Waals surface area contributed by atoms with Gasteiger partial charge in [-0.2, -0.15) is 0 Å². The maximum Gasteiger partial charge on any atom is 0.0453 e. The van der Waals surface area contributed by atoms with E-state index in [9.17, 15) is 0 Å². The monoisotopic (exact) mass is 285 g/mol. The van der Waals surface area contributed by atoms with Gasteiger partial charge in [0.15, 0.2) is 0 Å². The van der Waals surface area contributed by atoms with Crippen LogP contribution in [0.15, 0.2) is 48.5 Å². The van der Waals surface area contributed by atoms with E-state index in [0.717, 1.165) is 5.02 Å². The molecule has 1 aliphatic carbocycles. The zero-order valence-electron chi connectivity index (χ0n) is 11.8. The van der Waals surface area contributed by atoms with E-state index in [1.807, 2.05) is 18.2 Å². The average molecular weight is 286 g/mol. The molecule has 1 nitrogen and oxygen atoms in total. The summed E-state index contributed by atoms with van der Waals surface area (Å²) in [4.78, 5) is 0. The smallest absolute Gasteiger partial charge is 0.0453 e. The fourth-order valence-electron chi connectivity index (χ4n) is 3.14. The number of halogens is 1. The summed E-state index contributed by atoms with van der Waals surface area (Å²) >= 11 is 6.30. The zero-order valence-corrected chi connectivity index (χ0v) is 12.5. The lowest BCUT2D eigenvalue weighted by Crippen LogP contribution is -2.27. The summed E-state index contributed by atoms with van der Waals surface area (Å²) < 4.78 is 0. The summed E-state index contributed by atoms with van der Waals surface area (Å²) in [5.41, 5.74) is 4.12. The van der Waals surface area contributed by atoms with Crippen molar-refractivity contribution < 1.29 is 0 Å². The maximum absolute atomic E-state index is 6.30. The number of fused-ring (bicyclic) bond motifs is 1. The molecule has 0 amide bonds. The van der Waals surface area contributed by atoms with Crippen LogP contribution in [-0.2, 0) is 6.42 Å². The SMILES string of the molecule is C[C@H](NC1CCCc2ccccc21)c1ccccc1Cl. The van der Waals surface area contributed by atoms with Crippen molar-refractivity contribution in [3.63, 3.8) is 0 Å². The summed E-state index contributed by atoms with van der Waals surface area (Å²) in [6, 6.07) is 17.6. The molecule has 0 saturated carbocycles. The van der Waals surface area contributed by atoms with Gasteiger partial charge in [-0.3, -0.25) is 0 Å². The maximum atomic E-state index is 6.30. The third-order valence-corrected chi connectivity index (χ3v) is 4.54. The lowest BCUT2D eigenvalue weighted by molar-refractivity contribution is 0.415. The van der Waals surface area contributed by atoms with E-state index in [-0.39, 0.29) is 6.04 Å². The normalized spacial score (nSPS) is 19.4. The number of nitrogens with one attached hydrogen (secondary N) is 1. The first kappa shape index (κ1) is 13.7. The fraction of sp³-hybridized carbons (Fsp3) is 0.333. The zero-order chi connectivity index (χ0) is 13.9. The van der Waals surface area contributed by atoms with Gasteiger partial charge < -0.3 is 5.32 Å². The highest BCUT2D eigenvalue weighted by Gasteiger charge is 2.22. The highest BCUT2D eigenvalue weighted by molar-refractivity contribution is 6.31. The molecule has 2 aromatic carbocycles. The summed E-state index contributed by atoms with van der Waals surface area (Å²) in [6.45, 7) is 2.19. The largest absolute Gasteiger partial charge is 0.303 e. The molecule has 0 bridgehead atoms. The molecule has 0 heterocycles. The van der Waals surface area contributed by atoms with Crippen molar-refractivity contribution in [2.45, 2.75) is 38.3 Å². The van der Waals surface area contributed by atoms with Crippen LogP contribution in [-0.4, -0.2) is 0 Å². The van der Waals surface area contributed by atoms with Gasteiger partial charge >= 0.3 is 0 Å². The lowest BCUT2D eigenvalue weighted by Gasteiger charge is -2.29. The Morgan fingerprint density at radius 3 is 2.70 bits per heavy atom. The third kappa shape index (κ3) is 2.74. The minimum Gasteiger partial charge on any atom is -0.303 e. The van der Waals surface area contributed by atoms with Gasteiger partial charge in [-0.15, -0.1) is 0 Å². The molecule has 2 aromatic rings. The minimum absolute atomic E-state index is 0.264. The molecule has 0 aromatic heterocycles. The number of hydrogen-bond donors (Lipinski definition) is 1. The van der Waals surface area contributed by atoms with Gasteiger partial charge in [-0.25, -0.2) is 0 Å².